The Kier molecular flexibility index (Phi) is 3.64. The summed E-state index contributed by atoms with van der Waals surface area (Å²) in [6, 6.07) is 0. The molecule has 0 nitrogen and oxygen atoms in total. The molecule has 1 unspecified atom stereocenters. The molecule has 0 aromatic carbocycles. The lowest BCUT2D eigenvalue weighted by atomic mass is 10.1. The topological polar surface area (TPSA) is 0 Å². The molecule has 0 spiro atoms. The molecule has 0 N–H and O–H groups in total. The second-order valence-electron chi connectivity index (χ2n) is 1.06. The van der Waals surface area contributed by atoms with Crippen LogP contribution in [0.3, 0.4) is 0 Å². The Hall–Kier alpha value is 0.285. The molecule has 0 saturated carbocycles. The summed E-state index contributed by atoms with van der Waals surface area (Å²) < 4.78 is 0. The molecule has 0 saturated heterocycles. The van der Waals surface area contributed by atoms with Crippen LogP contribution in [0.2, 0.25) is 0 Å². The van der Waals surface area contributed by atoms with Gasteiger partial charge in [0.25, 0.3) is 0 Å². The second kappa shape index (κ2) is 3.47. The minimum absolute atomic E-state index is 0.405. The number of halogens is 1. The molecule has 2 heteroatoms. The van der Waals surface area contributed by atoms with Crippen molar-refractivity contribution in [3.05, 3.63) is 12.1 Å². The quantitative estimate of drug-likeness (QED) is 0.386. The van der Waals surface area contributed by atoms with Crippen LogP contribution >= 0.6 is 15.9 Å². The highest BCUT2D eigenvalue weighted by molar-refractivity contribution is 9.09. The average molecular weight is 145 g/mol. The standard InChI is InChI=1S/C4H6BBr/c1-4(6)2-3-5/h2-4H,1H3. The van der Waals surface area contributed by atoms with E-state index in [-0.39, 0.29) is 0 Å². The highest BCUT2D eigenvalue weighted by Gasteiger charge is 1.78. The molecule has 0 fully saturated rings. The van der Waals surface area contributed by atoms with E-state index in [1.807, 2.05) is 13.0 Å². The predicted octanol–water partition coefficient (Wildman–Crippen LogP) is 1.45. The van der Waals surface area contributed by atoms with Gasteiger partial charge in [0.2, 0.25) is 0 Å². The van der Waals surface area contributed by atoms with E-state index in [0.29, 0.717) is 4.83 Å². The first-order valence-electron chi connectivity index (χ1n) is 1.80. The Bertz CT molecular complexity index is 49.5. The van der Waals surface area contributed by atoms with E-state index in [0.717, 1.165) is 0 Å². The average Bonchev–Trinajstić information content (AvgIpc) is 1.35. The van der Waals surface area contributed by atoms with Crippen molar-refractivity contribution >= 4 is 23.8 Å². The molecule has 0 aromatic rings. The minimum atomic E-state index is 0.405. The zero-order valence-electron chi connectivity index (χ0n) is 3.69. The molecule has 0 aliphatic rings. The predicted molar refractivity (Wildman–Crippen MR) is 33.3 cm³/mol. The Morgan fingerprint density at radius 2 is 2.33 bits per heavy atom. The molecule has 1 atom stereocenters. The van der Waals surface area contributed by atoms with Gasteiger partial charge in [0, 0.05) is 4.83 Å². The van der Waals surface area contributed by atoms with E-state index in [9.17, 15) is 0 Å². The van der Waals surface area contributed by atoms with Gasteiger partial charge in [0.05, 0.1) is 0 Å². The molecule has 0 heterocycles. The lowest BCUT2D eigenvalue weighted by molar-refractivity contribution is 1.28. The van der Waals surface area contributed by atoms with Crippen LogP contribution in [-0.2, 0) is 0 Å². The summed E-state index contributed by atoms with van der Waals surface area (Å²) in [5, 5.41) is 0. The fourth-order valence-electron chi connectivity index (χ4n) is 0.153. The van der Waals surface area contributed by atoms with Gasteiger partial charge in [-0.05, 0) is 6.92 Å². The van der Waals surface area contributed by atoms with Gasteiger partial charge in [0.15, 0.2) is 0 Å². The highest BCUT2D eigenvalue weighted by atomic mass is 79.9. The highest BCUT2D eigenvalue weighted by Crippen LogP contribution is 1.95. The van der Waals surface area contributed by atoms with Gasteiger partial charge in [-0.2, -0.15) is 0 Å². The van der Waals surface area contributed by atoms with Gasteiger partial charge < -0.3 is 0 Å². The molecule has 6 heavy (non-hydrogen) atoms. The SMILES string of the molecule is [B]C=CC(C)Br. The molecule has 0 rings (SSSR count). The van der Waals surface area contributed by atoms with Gasteiger partial charge >= 0.3 is 0 Å². The monoisotopic (exact) mass is 144 g/mol. The van der Waals surface area contributed by atoms with Crippen molar-refractivity contribution in [2.45, 2.75) is 11.8 Å². The number of alkyl halides is 1. The summed E-state index contributed by atoms with van der Waals surface area (Å²) in [7, 11) is 5.02. The fraction of sp³-hybridized carbons (Fsp3) is 0.500. The number of hydrogen-bond acceptors (Lipinski definition) is 0. The van der Waals surface area contributed by atoms with Crippen molar-refractivity contribution < 1.29 is 0 Å². The van der Waals surface area contributed by atoms with Crippen molar-refractivity contribution in [3.8, 4) is 0 Å². The van der Waals surface area contributed by atoms with Crippen molar-refractivity contribution in [2.75, 3.05) is 0 Å². The van der Waals surface area contributed by atoms with Crippen LogP contribution in [0.25, 0.3) is 0 Å². The third-order valence-corrected chi connectivity index (χ3v) is 0.682. The first kappa shape index (κ1) is 6.28. The molecule has 0 aliphatic carbocycles. The van der Waals surface area contributed by atoms with Gasteiger partial charge in [-0.15, -0.1) is 5.98 Å². The maximum Gasteiger partial charge on any atom is 0.102 e. The molecule has 32 valence electrons. The van der Waals surface area contributed by atoms with Crippen molar-refractivity contribution in [3.63, 3.8) is 0 Å². The van der Waals surface area contributed by atoms with Gasteiger partial charge in [-0.3, -0.25) is 0 Å². The minimum Gasteiger partial charge on any atom is -0.134 e. The third kappa shape index (κ3) is 4.28. The van der Waals surface area contributed by atoms with Crippen molar-refractivity contribution in [1.82, 2.24) is 0 Å². The van der Waals surface area contributed by atoms with Crippen LogP contribution in [0, 0.1) is 0 Å². The van der Waals surface area contributed by atoms with E-state index in [1.165, 1.54) is 5.98 Å². The Morgan fingerprint density at radius 1 is 1.83 bits per heavy atom. The number of rotatable bonds is 1. The molecule has 2 radical (unpaired) electrons. The van der Waals surface area contributed by atoms with Crippen LogP contribution < -0.4 is 0 Å². The Morgan fingerprint density at radius 3 is 2.33 bits per heavy atom. The number of hydrogen-bond donors (Lipinski definition) is 0. The lowest BCUT2D eigenvalue weighted by Crippen LogP contribution is -1.77. The summed E-state index contributed by atoms with van der Waals surface area (Å²) in [5.41, 5.74) is 0. The second-order valence-corrected chi connectivity index (χ2v) is 2.51. The molecule has 0 bridgehead atoms. The summed E-state index contributed by atoms with van der Waals surface area (Å²) in [4.78, 5) is 0.405. The molecule has 0 amide bonds. The van der Waals surface area contributed by atoms with Crippen molar-refractivity contribution in [2.24, 2.45) is 0 Å². The first-order valence-corrected chi connectivity index (χ1v) is 2.71. The molecule has 0 aliphatic heterocycles. The first-order chi connectivity index (χ1) is 2.77. The van der Waals surface area contributed by atoms with Crippen LogP contribution in [-0.4, -0.2) is 12.7 Å². The molecule has 0 aromatic heterocycles. The van der Waals surface area contributed by atoms with E-state index in [1.54, 1.807) is 0 Å². The van der Waals surface area contributed by atoms with Crippen molar-refractivity contribution in [1.29, 1.82) is 0 Å². The summed E-state index contributed by atoms with van der Waals surface area (Å²) in [6.45, 7) is 2.00. The van der Waals surface area contributed by atoms with Crippen LogP contribution in [0.4, 0.5) is 0 Å². The zero-order chi connectivity index (χ0) is 4.99. The van der Waals surface area contributed by atoms with Crippen LogP contribution in [0.1, 0.15) is 6.92 Å². The Balaban J connectivity index is 3.03. The smallest absolute Gasteiger partial charge is 0.102 e. The van der Waals surface area contributed by atoms with Gasteiger partial charge in [0.1, 0.15) is 7.85 Å². The molecular formula is C4H6BBr. The largest absolute Gasteiger partial charge is 0.134 e. The van der Waals surface area contributed by atoms with Gasteiger partial charge in [-0.25, -0.2) is 0 Å². The number of allylic oxidation sites excluding steroid dienone is 1. The van der Waals surface area contributed by atoms with Gasteiger partial charge in [-0.1, -0.05) is 22.0 Å². The zero-order valence-corrected chi connectivity index (χ0v) is 5.27. The van der Waals surface area contributed by atoms with Crippen LogP contribution in [0.5, 0.6) is 0 Å². The maximum atomic E-state index is 5.02. The van der Waals surface area contributed by atoms with E-state index >= 15 is 0 Å². The van der Waals surface area contributed by atoms with E-state index < -0.39 is 0 Å². The van der Waals surface area contributed by atoms with E-state index in [2.05, 4.69) is 15.9 Å². The molecular weight excluding hydrogens is 139 g/mol. The summed E-state index contributed by atoms with van der Waals surface area (Å²) >= 11 is 3.27. The van der Waals surface area contributed by atoms with Crippen LogP contribution in [0.15, 0.2) is 12.1 Å². The summed E-state index contributed by atoms with van der Waals surface area (Å²) in [6.07, 6.45) is 1.86. The summed E-state index contributed by atoms with van der Waals surface area (Å²) in [5.74, 6) is 1.53. The Labute approximate surface area is 48.2 Å². The maximum absolute atomic E-state index is 5.02. The third-order valence-electron chi connectivity index (χ3n) is 0.376. The normalized spacial score (nSPS) is 15.7. The lowest BCUT2D eigenvalue weighted by Gasteiger charge is -1.84. The van der Waals surface area contributed by atoms with E-state index in [4.69, 9.17) is 7.85 Å². The fourth-order valence-corrected chi connectivity index (χ4v) is 0.329.